The first-order chi connectivity index (χ1) is 12.6. The number of nitrogens with one attached hydrogen (secondary N) is 1. The van der Waals surface area contributed by atoms with Crippen LogP contribution in [0.2, 0.25) is 0 Å². The van der Waals surface area contributed by atoms with E-state index in [4.69, 9.17) is 0 Å². The first kappa shape index (κ1) is 18.3. The van der Waals surface area contributed by atoms with Crippen molar-refractivity contribution in [3.63, 3.8) is 0 Å². The predicted molar refractivity (Wildman–Crippen MR) is 106 cm³/mol. The number of hydrogen-bond acceptors (Lipinski definition) is 4. The lowest BCUT2D eigenvalue weighted by molar-refractivity contribution is 0.0973. The zero-order valence-electron chi connectivity index (χ0n) is 15.8. The Labute approximate surface area is 155 Å². The van der Waals surface area contributed by atoms with Crippen molar-refractivity contribution in [1.29, 1.82) is 0 Å². The lowest BCUT2D eigenvalue weighted by Gasteiger charge is -2.20. The molecule has 26 heavy (non-hydrogen) atoms. The number of rotatable bonds is 8. The normalized spacial score (nSPS) is 12.2. The van der Waals surface area contributed by atoms with E-state index in [0.29, 0.717) is 23.1 Å². The maximum atomic E-state index is 13.0. The van der Waals surface area contributed by atoms with Crippen molar-refractivity contribution in [2.75, 3.05) is 31.5 Å². The second-order valence-corrected chi connectivity index (χ2v) is 6.52. The van der Waals surface area contributed by atoms with Gasteiger partial charge in [0.05, 0.1) is 0 Å². The molecule has 136 valence electrons. The third-order valence-electron chi connectivity index (χ3n) is 5.13. The highest BCUT2D eigenvalue weighted by molar-refractivity contribution is 6.27. The molecule has 1 N–H and O–H groups in total. The Kier molecular flexibility index (Phi) is 5.52. The second kappa shape index (κ2) is 7.83. The van der Waals surface area contributed by atoms with Gasteiger partial charge in [-0.25, -0.2) is 0 Å². The summed E-state index contributed by atoms with van der Waals surface area (Å²) in [6, 6.07) is 11.4. The molecule has 0 saturated carbocycles. The fourth-order valence-corrected chi connectivity index (χ4v) is 3.61. The molecule has 0 fully saturated rings. The molecular formula is C22H26N2O2. The number of ketones is 2. The minimum absolute atomic E-state index is 0.0112. The van der Waals surface area contributed by atoms with Gasteiger partial charge in [0.25, 0.3) is 0 Å². The Morgan fingerprint density at radius 1 is 0.962 bits per heavy atom. The molecule has 0 unspecified atom stereocenters. The number of carbonyl (C=O) groups excluding carboxylic acids is 2. The molecule has 4 heteroatoms. The van der Waals surface area contributed by atoms with Crippen molar-refractivity contribution >= 4 is 17.3 Å². The molecule has 0 saturated heterocycles. The average Bonchev–Trinajstić information content (AvgIpc) is 2.98. The molecule has 0 amide bonds. The Morgan fingerprint density at radius 2 is 1.65 bits per heavy atom. The Hall–Kier alpha value is -2.46. The van der Waals surface area contributed by atoms with Gasteiger partial charge < -0.3 is 10.2 Å². The monoisotopic (exact) mass is 350 g/mol. The average molecular weight is 350 g/mol. The van der Waals surface area contributed by atoms with Gasteiger partial charge in [0, 0.05) is 47.5 Å². The number of carbonyl (C=O) groups is 2. The summed E-state index contributed by atoms with van der Waals surface area (Å²) in [6.07, 6.45) is 0.394. The summed E-state index contributed by atoms with van der Waals surface area (Å²) in [4.78, 5) is 27.7. The molecule has 0 spiro atoms. The Bertz CT molecular complexity index is 838. The molecule has 1 aliphatic carbocycles. The third-order valence-corrected chi connectivity index (χ3v) is 5.13. The number of anilines is 1. The number of Topliss-reactive ketones (excluding diaryl/α,β-unsaturated/α-hetero) is 1. The van der Waals surface area contributed by atoms with Crippen molar-refractivity contribution in [3.8, 4) is 11.1 Å². The van der Waals surface area contributed by atoms with Crippen LogP contribution in [-0.2, 0) is 0 Å². The van der Waals surface area contributed by atoms with E-state index in [2.05, 4.69) is 24.1 Å². The van der Waals surface area contributed by atoms with E-state index in [0.717, 1.165) is 43.0 Å². The fraction of sp³-hybridized carbons (Fsp3) is 0.364. The van der Waals surface area contributed by atoms with Crippen molar-refractivity contribution in [1.82, 2.24) is 4.90 Å². The van der Waals surface area contributed by atoms with Crippen molar-refractivity contribution in [2.45, 2.75) is 27.2 Å². The van der Waals surface area contributed by atoms with Crippen LogP contribution in [0.1, 0.15) is 53.5 Å². The molecule has 3 rings (SSSR count). The SMILES string of the molecule is CCC(=O)c1ccc(NCCN(CC)CC)c2c1C(=O)c1ccccc1-2. The van der Waals surface area contributed by atoms with E-state index in [1.54, 1.807) is 6.07 Å². The lowest BCUT2D eigenvalue weighted by Crippen LogP contribution is -2.28. The smallest absolute Gasteiger partial charge is 0.195 e. The summed E-state index contributed by atoms with van der Waals surface area (Å²) < 4.78 is 0. The lowest BCUT2D eigenvalue weighted by atomic mass is 9.95. The van der Waals surface area contributed by atoms with E-state index in [1.165, 1.54) is 0 Å². The molecular weight excluding hydrogens is 324 g/mol. The molecule has 0 radical (unpaired) electrons. The summed E-state index contributed by atoms with van der Waals surface area (Å²) >= 11 is 0. The molecule has 2 aromatic carbocycles. The zero-order valence-corrected chi connectivity index (χ0v) is 15.8. The maximum absolute atomic E-state index is 13.0. The molecule has 0 heterocycles. The van der Waals surface area contributed by atoms with Gasteiger partial charge in [-0.1, -0.05) is 45.0 Å². The second-order valence-electron chi connectivity index (χ2n) is 6.52. The quantitative estimate of drug-likeness (QED) is 0.617. The molecule has 0 bridgehead atoms. The van der Waals surface area contributed by atoms with Gasteiger partial charge in [-0.3, -0.25) is 9.59 Å². The van der Waals surface area contributed by atoms with Gasteiger partial charge in [-0.2, -0.15) is 0 Å². The van der Waals surface area contributed by atoms with E-state index >= 15 is 0 Å². The third kappa shape index (κ3) is 3.17. The van der Waals surface area contributed by atoms with Crippen LogP contribution in [0.5, 0.6) is 0 Å². The molecule has 2 aromatic rings. The first-order valence-corrected chi connectivity index (χ1v) is 9.42. The minimum Gasteiger partial charge on any atom is -0.383 e. The summed E-state index contributed by atoms with van der Waals surface area (Å²) in [5.41, 5.74) is 4.51. The van der Waals surface area contributed by atoms with Crippen LogP contribution in [0.4, 0.5) is 5.69 Å². The first-order valence-electron chi connectivity index (χ1n) is 9.42. The molecule has 0 atom stereocenters. The van der Waals surface area contributed by atoms with E-state index in [9.17, 15) is 9.59 Å². The fourth-order valence-electron chi connectivity index (χ4n) is 3.61. The minimum atomic E-state index is -0.0419. The molecule has 4 nitrogen and oxygen atoms in total. The zero-order chi connectivity index (χ0) is 18.7. The van der Waals surface area contributed by atoms with Crippen LogP contribution in [0.15, 0.2) is 36.4 Å². The molecule has 0 aliphatic heterocycles. The highest BCUT2D eigenvalue weighted by Gasteiger charge is 2.32. The summed E-state index contributed by atoms with van der Waals surface area (Å²) in [7, 11) is 0. The van der Waals surface area contributed by atoms with Gasteiger partial charge in [0.2, 0.25) is 0 Å². The van der Waals surface area contributed by atoms with Gasteiger partial charge in [0.1, 0.15) is 0 Å². The number of likely N-dealkylation sites (N-methyl/N-ethyl adjacent to an activating group) is 1. The highest BCUT2D eigenvalue weighted by Crippen LogP contribution is 2.43. The molecule has 0 aromatic heterocycles. The predicted octanol–water partition coefficient (Wildman–Crippen LogP) is 4.24. The molecule has 1 aliphatic rings. The van der Waals surface area contributed by atoms with Crippen LogP contribution >= 0.6 is 0 Å². The van der Waals surface area contributed by atoms with Crippen LogP contribution in [0.3, 0.4) is 0 Å². The van der Waals surface area contributed by atoms with Crippen LogP contribution in [0, 0.1) is 0 Å². The van der Waals surface area contributed by atoms with Crippen LogP contribution in [0.25, 0.3) is 11.1 Å². The van der Waals surface area contributed by atoms with Crippen molar-refractivity contribution in [2.24, 2.45) is 0 Å². The van der Waals surface area contributed by atoms with Gasteiger partial charge in [0.15, 0.2) is 11.6 Å². The number of fused-ring (bicyclic) bond motifs is 3. The maximum Gasteiger partial charge on any atom is 0.195 e. The van der Waals surface area contributed by atoms with Crippen LogP contribution < -0.4 is 5.32 Å². The van der Waals surface area contributed by atoms with Gasteiger partial charge in [-0.05, 0) is 30.8 Å². The Morgan fingerprint density at radius 3 is 2.31 bits per heavy atom. The number of hydrogen-bond donors (Lipinski definition) is 1. The summed E-state index contributed by atoms with van der Waals surface area (Å²) in [5, 5.41) is 3.48. The van der Waals surface area contributed by atoms with Gasteiger partial charge in [-0.15, -0.1) is 0 Å². The van der Waals surface area contributed by atoms with Crippen LogP contribution in [-0.4, -0.2) is 42.6 Å². The Balaban J connectivity index is 2.01. The van der Waals surface area contributed by atoms with Gasteiger partial charge >= 0.3 is 0 Å². The van der Waals surface area contributed by atoms with E-state index in [1.807, 2.05) is 37.3 Å². The standard InChI is InChI=1S/C22H26N2O2/c1-4-19(25)17-11-12-18(23-13-14-24(5-2)6-3)20-15-9-7-8-10-16(15)22(26)21(17)20/h7-12,23H,4-6,13-14H2,1-3H3. The summed E-state index contributed by atoms with van der Waals surface area (Å²) in [5.74, 6) is -0.0307. The largest absolute Gasteiger partial charge is 0.383 e. The highest BCUT2D eigenvalue weighted by atomic mass is 16.1. The number of nitrogens with zero attached hydrogens (tertiary/aromatic N) is 1. The summed E-state index contributed by atoms with van der Waals surface area (Å²) in [6.45, 7) is 9.90. The topological polar surface area (TPSA) is 49.4 Å². The van der Waals surface area contributed by atoms with E-state index in [-0.39, 0.29) is 11.6 Å². The number of benzene rings is 2. The van der Waals surface area contributed by atoms with Crippen molar-refractivity contribution < 1.29 is 9.59 Å². The van der Waals surface area contributed by atoms with E-state index < -0.39 is 0 Å². The van der Waals surface area contributed by atoms with Crippen molar-refractivity contribution in [3.05, 3.63) is 53.1 Å².